The van der Waals surface area contributed by atoms with E-state index in [1.807, 2.05) is 0 Å². The molecule has 1 aromatic rings. The zero-order chi connectivity index (χ0) is 13.6. The van der Waals surface area contributed by atoms with Gasteiger partial charge in [0, 0.05) is 6.04 Å². The average Bonchev–Trinajstić information content (AvgIpc) is 2.95. The number of hydrogen-bond acceptors (Lipinski definition) is 3. The summed E-state index contributed by atoms with van der Waals surface area (Å²) in [7, 11) is 0. The number of phenolic OH excluding ortho intramolecular Hbond substituents is 1. The van der Waals surface area contributed by atoms with Crippen molar-refractivity contribution in [2.45, 2.75) is 25.3 Å². The van der Waals surface area contributed by atoms with E-state index in [4.69, 9.17) is 5.73 Å². The van der Waals surface area contributed by atoms with Crippen LogP contribution in [0.5, 0.6) is 5.75 Å². The molecular formula is C14H17BrN2O2. The summed E-state index contributed by atoms with van der Waals surface area (Å²) in [5.41, 5.74) is 6.59. The lowest BCUT2D eigenvalue weighted by Gasteiger charge is -2.27. The number of phenols is 1. The number of para-hydroxylation sites is 1. The van der Waals surface area contributed by atoms with Gasteiger partial charge in [-0.25, -0.2) is 0 Å². The maximum atomic E-state index is 12.4. The van der Waals surface area contributed by atoms with Crippen molar-refractivity contribution in [1.82, 2.24) is 0 Å². The van der Waals surface area contributed by atoms with Gasteiger partial charge in [0.2, 0.25) is 5.91 Å². The van der Waals surface area contributed by atoms with E-state index in [1.54, 1.807) is 18.2 Å². The molecule has 4 unspecified atom stereocenters. The lowest BCUT2D eigenvalue weighted by Crippen LogP contribution is -2.42. The predicted octanol–water partition coefficient (Wildman–Crippen LogP) is 2.47. The van der Waals surface area contributed by atoms with E-state index in [0.29, 0.717) is 22.0 Å². The SMILES string of the molecule is NC1C2CCC(C2)C1C(=O)Nc1cccc(Br)c1O. The number of rotatable bonds is 2. The van der Waals surface area contributed by atoms with Crippen LogP contribution in [0.4, 0.5) is 5.69 Å². The Morgan fingerprint density at radius 3 is 2.79 bits per heavy atom. The average molecular weight is 325 g/mol. The molecule has 2 saturated carbocycles. The van der Waals surface area contributed by atoms with E-state index in [9.17, 15) is 9.90 Å². The Hall–Kier alpha value is -1.07. The summed E-state index contributed by atoms with van der Waals surface area (Å²) in [5, 5.41) is 12.7. The molecule has 1 aromatic carbocycles. The van der Waals surface area contributed by atoms with Crippen LogP contribution in [0.1, 0.15) is 19.3 Å². The summed E-state index contributed by atoms with van der Waals surface area (Å²) in [6, 6.07) is 5.17. The van der Waals surface area contributed by atoms with Crippen LogP contribution in [0, 0.1) is 17.8 Å². The third kappa shape index (κ3) is 2.15. The molecule has 4 nitrogen and oxygen atoms in total. The standard InChI is InChI=1S/C14H17BrN2O2/c15-9-2-1-3-10(13(9)18)17-14(19)11-7-4-5-8(6-7)12(11)16/h1-3,7-8,11-12,18H,4-6,16H2,(H,17,19). The van der Waals surface area contributed by atoms with Crippen molar-refractivity contribution in [3.8, 4) is 5.75 Å². The Labute approximate surface area is 120 Å². The molecule has 0 aliphatic heterocycles. The maximum Gasteiger partial charge on any atom is 0.229 e. The molecular weight excluding hydrogens is 308 g/mol. The number of benzene rings is 1. The summed E-state index contributed by atoms with van der Waals surface area (Å²) in [6.07, 6.45) is 3.32. The van der Waals surface area contributed by atoms with Crippen LogP contribution in [0.3, 0.4) is 0 Å². The molecule has 3 rings (SSSR count). The van der Waals surface area contributed by atoms with Gasteiger partial charge in [0.25, 0.3) is 0 Å². The third-order valence-corrected chi connectivity index (χ3v) is 5.17. The van der Waals surface area contributed by atoms with Crippen LogP contribution < -0.4 is 11.1 Å². The lowest BCUT2D eigenvalue weighted by atomic mass is 9.84. The fraction of sp³-hybridized carbons (Fsp3) is 0.500. The molecule has 1 amide bonds. The summed E-state index contributed by atoms with van der Waals surface area (Å²) in [4.78, 5) is 12.4. The van der Waals surface area contributed by atoms with Crippen LogP contribution in [-0.4, -0.2) is 17.1 Å². The van der Waals surface area contributed by atoms with Crippen LogP contribution in [-0.2, 0) is 4.79 Å². The van der Waals surface area contributed by atoms with Crippen molar-refractivity contribution in [1.29, 1.82) is 0 Å². The second-order valence-electron chi connectivity index (χ2n) is 5.56. The van der Waals surface area contributed by atoms with E-state index in [1.165, 1.54) is 0 Å². The Balaban J connectivity index is 1.77. The molecule has 2 fully saturated rings. The van der Waals surface area contributed by atoms with Crippen molar-refractivity contribution in [2.24, 2.45) is 23.5 Å². The van der Waals surface area contributed by atoms with Gasteiger partial charge in [0.1, 0.15) is 0 Å². The summed E-state index contributed by atoms with van der Waals surface area (Å²) in [6.45, 7) is 0. The maximum absolute atomic E-state index is 12.4. The molecule has 0 spiro atoms. The first-order chi connectivity index (χ1) is 9.08. The normalized spacial score (nSPS) is 32.5. The molecule has 4 atom stereocenters. The Morgan fingerprint density at radius 2 is 2.11 bits per heavy atom. The second kappa shape index (κ2) is 4.80. The highest BCUT2D eigenvalue weighted by Gasteiger charge is 2.49. The van der Waals surface area contributed by atoms with Crippen LogP contribution in [0.2, 0.25) is 0 Å². The smallest absolute Gasteiger partial charge is 0.229 e. The van der Waals surface area contributed by atoms with E-state index in [-0.39, 0.29) is 23.6 Å². The topological polar surface area (TPSA) is 75.4 Å². The summed E-state index contributed by atoms with van der Waals surface area (Å²) >= 11 is 3.24. The molecule has 0 radical (unpaired) electrons. The first kappa shape index (κ1) is 12.9. The van der Waals surface area contributed by atoms with Crippen LogP contribution in [0.25, 0.3) is 0 Å². The molecule has 5 heteroatoms. The molecule has 2 aliphatic rings. The van der Waals surface area contributed by atoms with Gasteiger partial charge in [-0.3, -0.25) is 4.79 Å². The molecule has 4 N–H and O–H groups in total. The molecule has 2 bridgehead atoms. The second-order valence-corrected chi connectivity index (χ2v) is 6.42. The largest absolute Gasteiger partial charge is 0.505 e. The molecule has 0 saturated heterocycles. The molecule has 19 heavy (non-hydrogen) atoms. The number of hydrogen-bond donors (Lipinski definition) is 3. The van der Waals surface area contributed by atoms with E-state index in [2.05, 4.69) is 21.2 Å². The first-order valence-corrected chi connectivity index (χ1v) is 7.41. The highest BCUT2D eigenvalue weighted by Crippen LogP contribution is 2.48. The van der Waals surface area contributed by atoms with Gasteiger partial charge in [0.15, 0.2) is 5.75 Å². The fourth-order valence-electron chi connectivity index (χ4n) is 3.56. The Kier molecular flexibility index (Phi) is 3.27. The van der Waals surface area contributed by atoms with Crippen molar-refractivity contribution in [3.63, 3.8) is 0 Å². The number of anilines is 1. The minimum atomic E-state index is -0.114. The van der Waals surface area contributed by atoms with E-state index in [0.717, 1.165) is 19.3 Å². The third-order valence-electron chi connectivity index (χ3n) is 4.53. The number of nitrogens with two attached hydrogens (primary N) is 1. The number of aromatic hydroxyl groups is 1. The monoisotopic (exact) mass is 324 g/mol. The van der Waals surface area contributed by atoms with Gasteiger partial charge in [-0.2, -0.15) is 0 Å². The number of carbonyl (C=O) groups is 1. The van der Waals surface area contributed by atoms with Crippen LogP contribution in [0.15, 0.2) is 22.7 Å². The van der Waals surface area contributed by atoms with E-state index < -0.39 is 0 Å². The number of fused-ring (bicyclic) bond motifs is 2. The van der Waals surface area contributed by atoms with Crippen molar-refractivity contribution < 1.29 is 9.90 Å². The molecule has 2 aliphatic carbocycles. The number of halogens is 1. The number of nitrogens with one attached hydrogen (secondary N) is 1. The summed E-state index contributed by atoms with van der Waals surface area (Å²) in [5.74, 6) is 0.795. The van der Waals surface area contributed by atoms with Crippen LogP contribution >= 0.6 is 15.9 Å². The Morgan fingerprint density at radius 1 is 1.37 bits per heavy atom. The van der Waals surface area contributed by atoms with Gasteiger partial charge in [-0.1, -0.05) is 6.07 Å². The van der Waals surface area contributed by atoms with Gasteiger partial charge in [-0.05, 0) is 59.2 Å². The predicted molar refractivity (Wildman–Crippen MR) is 76.7 cm³/mol. The molecule has 0 heterocycles. The quantitative estimate of drug-likeness (QED) is 0.731. The van der Waals surface area contributed by atoms with Gasteiger partial charge in [-0.15, -0.1) is 0 Å². The van der Waals surface area contributed by atoms with Crippen molar-refractivity contribution in [2.75, 3.05) is 5.32 Å². The minimum Gasteiger partial charge on any atom is -0.505 e. The lowest BCUT2D eigenvalue weighted by molar-refractivity contribution is -0.121. The number of amides is 1. The Bertz CT molecular complexity index is 518. The zero-order valence-corrected chi connectivity index (χ0v) is 12.1. The van der Waals surface area contributed by atoms with Gasteiger partial charge < -0.3 is 16.2 Å². The van der Waals surface area contributed by atoms with Crippen molar-refractivity contribution in [3.05, 3.63) is 22.7 Å². The molecule has 102 valence electrons. The highest BCUT2D eigenvalue weighted by molar-refractivity contribution is 9.10. The first-order valence-electron chi connectivity index (χ1n) is 6.62. The van der Waals surface area contributed by atoms with Gasteiger partial charge >= 0.3 is 0 Å². The van der Waals surface area contributed by atoms with Gasteiger partial charge in [0.05, 0.1) is 16.1 Å². The number of carbonyl (C=O) groups excluding carboxylic acids is 1. The van der Waals surface area contributed by atoms with E-state index >= 15 is 0 Å². The highest BCUT2D eigenvalue weighted by atomic mass is 79.9. The minimum absolute atomic E-state index is 0.0342. The zero-order valence-electron chi connectivity index (χ0n) is 10.5. The summed E-state index contributed by atoms with van der Waals surface area (Å²) < 4.78 is 0.572. The van der Waals surface area contributed by atoms with Crippen molar-refractivity contribution >= 4 is 27.5 Å². The fourth-order valence-corrected chi connectivity index (χ4v) is 3.92. The molecule has 0 aromatic heterocycles.